The van der Waals surface area contributed by atoms with Crippen LogP contribution in [0.5, 0.6) is 0 Å². The van der Waals surface area contributed by atoms with E-state index < -0.39 is 0 Å². The lowest BCUT2D eigenvalue weighted by Gasteiger charge is -2.05. The van der Waals surface area contributed by atoms with Gasteiger partial charge in [-0.2, -0.15) is 11.8 Å². The number of hydrogen-bond acceptors (Lipinski definition) is 4. The van der Waals surface area contributed by atoms with E-state index in [1.54, 1.807) is 23.1 Å². The third kappa shape index (κ3) is 3.28. The van der Waals surface area contributed by atoms with E-state index >= 15 is 0 Å². The van der Waals surface area contributed by atoms with Gasteiger partial charge in [0.1, 0.15) is 0 Å². The Kier molecular flexibility index (Phi) is 4.26. The zero-order valence-corrected chi connectivity index (χ0v) is 13.2. The van der Waals surface area contributed by atoms with Crippen molar-refractivity contribution >= 4 is 39.7 Å². The molecule has 0 saturated heterocycles. The number of carbonyl (C=O) groups excluding carboxylic acids is 1. The van der Waals surface area contributed by atoms with Crippen molar-refractivity contribution in [1.82, 2.24) is 9.38 Å². The van der Waals surface area contributed by atoms with Crippen molar-refractivity contribution in [2.24, 2.45) is 0 Å². The molecular weight excluding hydrogens is 302 g/mol. The molecule has 4 nitrogen and oxygen atoms in total. The summed E-state index contributed by atoms with van der Waals surface area (Å²) < 4.78 is 2.01. The van der Waals surface area contributed by atoms with E-state index in [4.69, 9.17) is 0 Å². The number of thioether (sulfide) groups is 1. The number of rotatable bonds is 5. The van der Waals surface area contributed by atoms with Crippen LogP contribution in [0.1, 0.15) is 6.42 Å². The monoisotopic (exact) mass is 317 g/mol. The van der Waals surface area contributed by atoms with Gasteiger partial charge in [-0.3, -0.25) is 9.20 Å². The van der Waals surface area contributed by atoms with E-state index in [2.05, 4.69) is 10.3 Å². The van der Waals surface area contributed by atoms with Crippen molar-refractivity contribution in [3.63, 3.8) is 0 Å². The van der Waals surface area contributed by atoms with Gasteiger partial charge < -0.3 is 5.32 Å². The van der Waals surface area contributed by atoms with Crippen LogP contribution in [0.2, 0.25) is 0 Å². The highest BCUT2D eigenvalue weighted by molar-refractivity contribution is 7.98. The Hall–Kier alpha value is -1.79. The Bertz CT molecular complexity index is 717. The highest BCUT2D eigenvalue weighted by Gasteiger charge is 2.06. The molecule has 0 aliphatic rings. The molecule has 3 aromatic rings. The summed E-state index contributed by atoms with van der Waals surface area (Å²) in [5.74, 6) is 0.898. The van der Waals surface area contributed by atoms with Crippen molar-refractivity contribution < 1.29 is 4.79 Å². The standard InChI is InChI=1S/C15H15N3OS2/c1-20-8-6-14(19)16-12-4-2-11(3-5-12)13-10-18-7-9-21-15(18)17-13/h2-5,7,9-10H,6,8H2,1H3,(H,16,19). The molecule has 0 aliphatic carbocycles. The normalized spacial score (nSPS) is 10.9. The van der Waals surface area contributed by atoms with Crippen LogP contribution in [0.25, 0.3) is 16.2 Å². The van der Waals surface area contributed by atoms with Crippen LogP contribution in [0.3, 0.4) is 0 Å². The predicted molar refractivity (Wildman–Crippen MR) is 90.1 cm³/mol. The van der Waals surface area contributed by atoms with Crippen LogP contribution >= 0.6 is 23.1 Å². The Morgan fingerprint density at radius 2 is 2.19 bits per heavy atom. The van der Waals surface area contributed by atoms with Crippen molar-refractivity contribution in [3.05, 3.63) is 42.0 Å². The molecule has 0 bridgehead atoms. The van der Waals surface area contributed by atoms with Gasteiger partial charge >= 0.3 is 0 Å². The molecule has 0 spiro atoms. The summed E-state index contributed by atoms with van der Waals surface area (Å²) in [5, 5.41) is 4.91. The van der Waals surface area contributed by atoms with Gasteiger partial charge in [0.25, 0.3) is 0 Å². The highest BCUT2D eigenvalue weighted by atomic mass is 32.2. The summed E-state index contributed by atoms with van der Waals surface area (Å²) in [6, 6.07) is 7.80. The second kappa shape index (κ2) is 6.32. The first-order chi connectivity index (χ1) is 10.3. The number of imidazole rings is 1. The predicted octanol–water partition coefficient (Wildman–Crippen LogP) is 3.75. The van der Waals surface area contributed by atoms with Crippen LogP contribution in [-0.4, -0.2) is 27.3 Å². The molecule has 2 heterocycles. The lowest BCUT2D eigenvalue weighted by Crippen LogP contribution is -2.11. The minimum atomic E-state index is 0.0552. The average Bonchev–Trinajstić information content (AvgIpc) is 3.07. The summed E-state index contributed by atoms with van der Waals surface area (Å²) in [7, 11) is 0. The number of thiazole rings is 1. The molecule has 0 radical (unpaired) electrons. The molecule has 0 unspecified atom stereocenters. The maximum atomic E-state index is 11.7. The first-order valence-electron chi connectivity index (χ1n) is 6.58. The third-order valence-corrected chi connectivity index (χ3v) is 4.47. The van der Waals surface area contributed by atoms with E-state index in [-0.39, 0.29) is 5.91 Å². The number of nitrogens with one attached hydrogen (secondary N) is 1. The van der Waals surface area contributed by atoms with Gasteiger partial charge in [0.15, 0.2) is 4.96 Å². The summed E-state index contributed by atoms with van der Waals surface area (Å²) in [6.07, 6.45) is 6.55. The minimum Gasteiger partial charge on any atom is -0.326 e. The van der Waals surface area contributed by atoms with Crippen LogP contribution < -0.4 is 5.32 Å². The van der Waals surface area contributed by atoms with Gasteiger partial charge in [-0.15, -0.1) is 11.3 Å². The number of hydrogen-bond donors (Lipinski definition) is 1. The third-order valence-electron chi connectivity index (χ3n) is 3.09. The van der Waals surface area contributed by atoms with Gasteiger partial charge in [-0.25, -0.2) is 4.98 Å². The second-order valence-electron chi connectivity index (χ2n) is 4.59. The average molecular weight is 317 g/mol. The van der Waals surface area contributed by atoms with E-state index in [0.29, 0.717) is 6.42 Å². The lowest BCUT2D eigenvalue weighted by atomic mass is 10.1. The Morgan fingerprint density at radius 3 is 2.90 bits per heavy atom. The second-order valence-corrected chi connectivity index (χ2v) is 6.45. The quantitative estimate of drug-likeness (QED) is 0.779. The van der Waals surface area contributed by atoms with E-state index in [9.17, 15) is 4.79 Å². The van der Waals surface area contributed by atoms with Crippen molar-refractivity contribution in [1.29, 1.82) is 0 Å². The molecule has 1 N–H and O–H groups in total. The van der Waals surface area contributed by atoms with Crippen LogP contribution in [0.4, 0.5) is 5.69 Å². The summed E-state index contributed by atoms with van der Waals surface area (Å²) in [4.78, 5) is 17.2. The van der Waals surface area contributed by atoms with E-state index in [1.165, 1.54) is 0 Å². The molecule has 108 valence electrons. The number of nitrogens with zero attached hydrogens (tertiary/aromatic N) is 2. The first kappa shape index (κ1) is 14.2. The minimum absolute atomic E-state index is 0.0552. The van der Waals surface area contributed by atoms with Gasteiger partial charge in [-0.1, -0.05) is 12.1 Å². The summed E-state index contributed by atoms with van der Waals surface area (Å²) >= 11 is 3.29. The number of amides is 1. The number of anilines is 1. The molecule has 1 aromatic carbocycles. The van der Waals surface area contributed by atoms with Crippen LogP contribution in [0.15, 0.2) is 42.0 Å². The maximum Gasteiger partial charge on any atom is 0.225 e. The van der Waals surface area contributed by atoms with E-state index in [0.717, 1.165) is 27.7 Å². The smallest absolute Gasteiger partial charge is 0.225 e. The zero-order valence-electron chi connectivity index (χ0n) is 11.6. The molecule has 6 heteroatoms. The first-order valence-corrected chi connectivity index (χ1v) is 8.85. The largest absolute Gasteiger partial charge is 0.326 e. The van der Waals surface area contributed by atoms with Gasteiger partial charge in [-0.05, 0) is 18.4 Å². The van der Waals surface area contributed by atoms with Gasteiger partial charge in [0.05, 0.1) is 5.69 Å². The molecule has 2 aromatic heterocycles. The number of fused-ring (bicyclic) bond motifs is 1. The number of carbonyl (C=O) groups is 1. The molecule has 0 atom stereocenters. The van der Waals surface area contributed by atoms with Gasteiger partial charge in [0, 0.05) is 41.2 Å². The topological polar surface area (TPSA) is 46.4 Å². The molecule has 0 fully saturated rings. The zero-order chi connectivity index (χ0) is 14.7. The Morgan fingerprint density at radius 1 is 1.38 bits per heavy atom. The summed E-state index contributed by atoms with van der Waals surface area (Å²) in [5.41, 5.74) is 2.82. The van der Waals surface area contributed by atoms with Gasteiger partial charge in [0.2, 0.25) is 5.91 Å². The molecule has 1 amide bonds. The SMILES string of the molecule is CSCCC(=O)Nc1ccc(-c2cn3ccsc3n2)cc1. The lowest BCUT2D eigenvalue weighted by molar-refractivity contribution is -0.115. The van der Waals surface area contributed by atoms with Crippen LogP contribution in [-0.2, 0) is 4.79 Å². The van der Waals surface area contributed by atoms with Crippen LogP contribution in [0, 0.1) is 0 Å². The van der Waals surface area contributed by atoms with E-state index in [1.807, 2.05) is 52.7 Å². The van der Waals surface area contributed by atoms with Crippen molar-refractivity contribution in [2.75, 3.05) is 17.3 Å². The molecular formula is C15H15N3OS2. The fraction of sp³-hybridized carbons (Fsp3) is 0.200. The maximum absolute atomic E-state index is 11.7. The highest BCUT2D eigenvalue weighted by Crippen LogP contribution is 2.23. The van der Waals surface area contributed by atoms with Crippen molar-refractivity contribution in [2.45, 2.75) is 6.42 Å². The molecule has 0 saturated carbocycles. The Labute approximate surface area is 131 Å². The fourth-order valence-electron chi connectivity index (χ4n) is 2.01. The number of benzene rings is 1. The molecule has 0 aliphatic heterocycles. The fourth-order valence-corrected chi connectivity index (χ4v) is 3.10. The molecule has 21 heavy (non-hydrogen) atoms. The van der Waals surface area contributed by atoms with Crippen molar-refractivity contribution in [3.8, 4) is 11.3 Å². The Balaban J connectivity index is 1.71. The number of aromatic nitrogens is 2. The molecule has 3 rings (SSSR count). The summed E-state index contributed by atoms with van der Waals surface area (Å²) in [6.45, 7) is 0.